The van der Waals surface area contributed by atoms with Crippen LogP contribution in [0.3, 0.4) is 0 Å². The fraction of sp³-hybridized carbons (Fsp3) is 0.235. The topological polar surface area (TPSA) is 12.4 Å². The maximum atomic E-state index is 4.91. The minimum Gasteiger partial charge on any atom is -0.287 e. The second-order valence-electron chi connectivity index (χ2n) is 5.96. The van der Waals surface area contributed by atoms with Crippen molar-refractivity contribution in [3.63, 3.8) is 0 Å². The highest BCUT2D eigenvalue weighted by Gasteiger charge is 2.13. The normalized spacial score (nSPS) is 11.1. The highest BCUT2D eigenvalue weighted by atomic mass is 28.3. The van der Waals surface area contributed by atoms with Gasteiger partial charge in [0.05, 0.1) is 13.8 Å². The van der Waals surface area contributed by atoms with Gasteiger partial charge in [-0.1, -0.05) is 80.3 Å². The summed E-state index contributed by atoms with van der Waals surface area (Å²) in [5.74, 6) is 0. The summed E-state index contributed by atoms with van der Waals surface area (Å²) < 4.78 is 0. The Morgan fingerprint density at radius 1 is 0.789 bits per heavy atom. The first-order chi connectivity index (χ1) is 9.06. The Morgan fingerprint density at radius 3 is 1.58 bits per heavy atom. The van der Waals surface area contributed by atoms with E-state index in [1.54, 1.807) is 0 Å². The van der Waals surface area contributed by atoms with Crippen LogP contribution in [0.1, 0.15) is 11.1 Å². The molecule has 0 bridgehead atoms. The Hall–Kier alpha value is -1.67. The van der Waals surface area contributed by atoms with E-state index >= 15 is 0 Å². The first-order valence-electron chi connectivity index (χ1n) is 6.71. The van der Waals surface area contributed by atoms with Gasteiger partial charge in [0.15, 0.2) is 0 Å². The van der Waals surface area contributed by atoms with Crippen molar-refractivity contribution in [2.24, 2.45) is 4.99 Å². The van der Waals surface area contributed by atoms with Gasteiger partial charge in [0, 0.05) is 17.3 Å². The van der Waals surface area contributed by atoms with Crippen molar-refractivity contribution in [1.29, 1.82) is 0 Å². The average molecular weight is 267 g/mol. The lowest BCUT2D eigenvalue weighted by Gasteiger charge is -2.14. The molecule has 0 amide bonds. The van der Waals surface area contributed by atoms with Gasteiger partial charge in [0.2, 0.25) is 0 Å². The third-order valence-electron chi connectivity index (χ3n) is 2.81. The molecule has 2 rings (SSSR count). The van der Waals surface area contributed by atoms with Crippen molar-refractivity contribution in [2.45, 2.75) is 19.6 Å². The van der Waals surface area contributed by atoms with E-state index in [4.69, 9.17) is 4.99 Å². The van der Waals surface area contributed by atoms with Crippen molar-refractivity contribution >= 4 is 13.8 Å². The van der Waals surface area contributed by atoms with Crippen molar-refractivity contribution < 1.29 is 0 Å². The molecule has 0 unspecified atom stereocenters. The van der Waals surface area contributed by atoms with Gasteiger partial charge in [0.25, 0.3) is 0 Å². The molecule has 0 aliphatic heterocycles. The number of rotatable bonds is 4. The van der Waals surface area contributed by atoms with Gasteiger partial charge in [0.1, 0.15) is 0 Å². The molecule has 0 saturated carbocycles. The molecule has 0 aliphatic carbocycles. The molecule has 98 valence electrons. The van der Waals surface area contributed by atoms with E-state index in [1.807, 2.05) is 12.1 Å². The van der Waals surface area contributed by atoms with Crippen molar-refractivity contribution in [2.75, 3.05) is 6.17 Å². The van der Waals surface area contributed by atoms with Crippen molar-refractivity contribution in [1.82, 2.24) is 0 Å². The molecular weight excluding hydrogens is 246 g/mol. The van der Waals surface area contributed by atoms with Crippen LogP contribution in [0.15, 0.2) is 65.7 Å². The molecule has 0 fully saturated rings. The van der Waals surface area contributed by atoms with Gasteiger partial charge in [-0.05, 0) is 0 Å². The Balaban J connectivity index is 2.40. The smallest absolute Gasteiger partial charge is 0.0715 e. The average Bonchev–Trinajstić information content (AvgIpc) is 2.40. The zero-order valence-electron chi connectivity index (χ0n) is 11.9. The van der Waals surface area contributed by atoms with Crippen LogP contribution in [0.5, 0.6) is 0 Å². The monoisotopic (exact) mass is 267 g/mol. The molecule has 2 aromatic rings. The number of aliphatic imine (C=N–C) groups is 1. The maximum Gasteiger partial charge on any atom is 0.0715 e. The predicted octanol–water partition coefficient (Wildman–Crippen LogP) is 4.40. The molecule has 1 nitrogen and oxygen atoms in total. The second kappa shape index (κ2) is 5.98. The summed E-state index contributed by atoms with van der Waals surface area (Å²) in [7, 11) is -1.17. The van der Waals surface area contributed by atoms with E-state index < -0.39 is 8.07 Å². The SMILES string of the molecule is C[Si](C)(C)CN=C(c1ccccc1)c1ccccc1. The summed E-state index contributed by atoms with van der Waals surface area (Å²) in [5, 5.41) is 0. The molecule has 0 N–H and O–H groups in total. The Bertz CT molecular complexity index is 497. The van der Waals surface area contributed by atoms with E-state index in [2.05, 4.69) is 68.2 Å². The highest BCUT2D eigenvalue weighted by molar-refractivity contribution is 6.76. The zero-order valence-corrected chi connectivity index (χ0v) is 12.9. The summed E-state index contributed by atoms with van der Waals surface area (Å²) in [6.45, 7) is 7.05. The van der Waals surface area contributed by atoms with Crippen LogP contribution in [-0.2, 0) is 0 Å². The zero-order chi connectivity index (χ0) is 13.7. The second-order valence-corrected chi connectivity index (χ2v) is 11.4. The fourth-order valence-electron chi connectivity index (χ4n) is 1.86. The molecule has 0 atom stereocenters. The van der Waals surface area contributed by atoms with Gasteiger partial charge in [-0.2, -0.15) is 0 Å². The third kappa shape index (κ3) is 4.18. The molecule has 0 radical (unpaired) electrons. The van der Waals surface area contributed by atoms with Crippen LogP contribution >= 0.6 is 0 Å². The Kier molecular flexibility index (Phi) is 4.33. The third-order valence-corrected chi connectivity index (χ3v) is 3.91. The minimum absolute atomic E-state index is 0.964. The maximum absolute atomic E-state index is 4.91. The highest BCUT2D eigenvalue weighted by Crippen LogP contribution is 2.12. The lowest BCUT2D eigenvalue weighted by molar-refractivity contribution is 1.27. The van der Waals surface area contributed by atoms with Crippen LogP contribution in [0.25, 0.3) is 0 Å². The lowest BCUT2D eigenvalue weighted by Crippen LogP contribution is -2.26. The van der Waals surface area contributed by atoms with Crippen LogP contribution in [-0.4, -0.2) is 20.0 Å². The standard InChI is InChI=1S/C17H21NSi/c1-19(2,3)14-18-17(15-10-6-4-7-11-15)16-12-8-5-9-13-16/h4-13H,14H2,1-3H3. The van der Waals surface area contributed by atoms with Crippen LogP contribution in [0.4, 0.5) is 0 Å². The number of benzene rings is 2. The van der Waals surface area contributed by atoms with E-state index in [1.165, 1.54) is 11.1 Å². The van der Waals surface area contributed by atoms with E-state index in [0.29, 0.717) is 0 Å². The van der Waals surface area contributed by atoms with Crippen LogP contribution in [0.2, 0.25) is 19.6 Å². The van der Waals surface area contributed by atoms with Gasteiger partial charge < -0.3 is 0 Å². The van der Waals surface area contributed by atoms with Crippen LogP contribution in [0, 0.1) is 0 Å². The first kappa shape index (κ1) is 13.8. The molecule has 0 spiro atoms. The molecule has 2 aromatic carbocycles. The summed E-state index contributed by atoms with van der Waals surface area (Å²) in [5.41, 5.74) is 3.52. The fourth-order valence-corrected chi connectivity index (χ4v) is 2.49. The van der Waals surface area contributed by atoms with Crippen molar-refractivity contribution in [3.05, 3.63) is 71.8 Å². The van der Waals surface area contributed by atoms with Gasteiger partial charge >= 0.3 is 0 Å². The molecular formula is C17H21NSi. The van der Waals surface area contributed by atoms with Crippen molar-refractivity contribution in [3.8, 4) is 0 Å². The number of hydrogen-bond acceptors (Lipinski definition) is 1. The summed E-state index contributed by atoms with van der Waals surface area (Å²) >= 11 is 0. The predicted molar refractivity (Wildman–Crippen MR) is 86.7 cm³/mol. The van der Waals surface area contributed by atoms with E-state index in [-0.39, 0.29) is 0 Å². The molecule has 0 aromatic heterocycles. The van der Waals surface area contributed by atoms with Gasteiger partial charge in [-0.25, -0.2) is 0 Å². The lowest BCUT2D eigenvalue weighted by atomic mass is 10.0. The summed E-state index contributed by atoms with van der Waals surface area (Å²) in [6, 6.07) is 20.9. The largest absolute Gasteiger partial charge is 0.287 e. The molecule has 0 aliphatic rings. The van der Waals surface area contributed by atoms with E-state index in [0.717, 1.165) is 11.9 Å². The van der Waals surface area contributed by atoms with Crippen LogP contribution < -0.4 is 0 Å². The number of nitrogens with zero attached hydrogens (tertiary/aromatic N) is 1. The molecule has 0 heterocycles. The first-order valence-corrected chi connectivity index (χ1v) is 10.4. The molecule has 2 heteroatoms. The summed E-state index contributed by atoms with van der Waals surface area (Å²) in [4.78, 5) is 4.91. The van der Waals surface area contributed by atoms with E-state index in [9.17, 15) is 0 Å². The number of hydrogen-bond donors (Lipinski definition) is 0. The Labute approximate surface area is 117 Å². The molecule has 19 heavy (non-hydrogen) atoms. The molecule has 0 saturated heterocycles. The quantitative estimate of drug-likeness (QED) is 0.575. The van der Waals surface area contributed by atoms with Gasteiger partial charge in [-0.3, -0.25) is 4.99 Å². The van der Waals surface area contributed by atoms with Gasteiger partial charge in [-0.15, -0.1) is 0 Å². The minimum atomic E-state index is -1.17. The Morgan fingerprint density at radius 2 is 1.21 bits per heavy atom. The summed E-state index contributed by atoms with van der Waals surface area (Å²) in [6.07, 6.45) is 0.964.